The monoisotopic (exact) mass is 391 g/mol. The molecule has 29 heavy (non-hydrogen) atoms. The Morgan fingerprint density at radius 2 is 1.93 bits per heavy atom. The van der Waals surface area contributed by atoms with Gasteiger partial charge >= 0.3 is 5.97 Å². The fraction of sp³-hybridized carbons (Fsp3) is 0.273. The second kappa shape index (κ2) is 8.26. The van der Waals surface area contributed by atoms with E-state index in [0.29, 0.717) is 10.9 Å². The molecule has 1 heterocycles. The van der Waals surface area contributed by atoms with Crippen LogP contribution in [0.2, 0.25) is 0 Å². The van der Waals surface area contributed by atoms with Gasteiger partial charge in [-0.15, -0.1) is 0 Å². The van der Waals surface area contributed by atoms with Crippen molar-refractivity contribution < 1.29 is 14.3 Å². The van der Waals surface area contributed by atoms with E-state index >= 15 is 0 Å². The molecule has 7 heteroatoms. The predicted octanol–water partition coefficient (Wildman–Crippen LogP) is 2.13. The Balaban J connectivity index is 1.34. The Hall–Kier alpha value is -3.48. The van der Waals surface area contributed by atoms with Gasteiger partial charge in [-0.25, -0.2) is 4.98 Å². The van der Waals surface area contributed by atoms with Crippen molar-refractivity contribution >= 4 is 22.8 Å². The highest BCUT2D eigenvalue weighted by atomic mass is 16.5. The molecule has 1 aliphatic rings. The number of hydrogen-bond acceptors (Lipinski definition) is 5. The van der Waals surface area contributed by atoms with Gasteiger partial charge in [0, 0.05) is 0 Å². The first-order chi connectivity index (χ1) is 14.1. The van der Waals surface area contributed by atoms with E-state index in [1.165, 1.54) is 16.5 Å². The first-order valence-corrected chi connectivity index (χ1v) is 9.59. The van der Waals surface area contributed by atoms with Crippen LogP contribution in [0.5, 0.6) is 0 Å². The maximum Gasteiger partial charge on any atom is 0.326 e. The number of para-hydroxylation sites is 1. The fourth-order valence-electron chi connectivity index (χ4n) is 3.69. The Labute approximate surface area is 167 Å². The van der Waals surface area contributed by atoms with Crippen LogP contribution in [-0.4, -0.2) is 28.0 Å². The van der Waals surface area contributed by atoms with Crippen LogP contribution in [-0.2, 0) is 27.3 Å². The summed E-state index contributed by atoms with van der Waals surface area (Å²) < 4.78 is 6.25. The summed E-state index contributed by atoms with van der Waals surface area (Å²) >= 11 is 0. The van der Waals surface area contributed by atoms with Crippen LogP contribution in [0.1, 0.15) is 30.0 Å². The van der Waals surface area contributed by atoms with Crippen molar-refractivity contribution in [3.8, 4) is 0 Å². The second-order valence-corrected chi connectivity index (χ2v) is 7.07. The highest BCUT2D eigenvalue weighted by Crippen LogP contribution is 2.29. The first-order valence-electron chi connectivity index (χ1n) is 9.59. The number of fused-ring (bicyclic) bond motifs is 2. The molecular weight excluding hydrogens is 370 g/mol. The summed E-state index contributed by atoms with van der Waals surface area (Å²) in [4.78, 5) is 40.9. The van der Waals surface area contributed by atoms with Crippen LogP contribution < -0.4 is 10.9 Å². The van der Waals surface area contributed by atoms with Crippen molar-refractivity contribution in [2.24, 2.45) is 0 Å². The second-order valence-electron chi connectivity index (χ2n) is 7.07. The molecule has 0 aliphatic heterocycles. The molecule has 1 N–H and O–H groups in total. The third-order valence-corrected chi connectivity index (χ3v) is 5.10. The van der Waals surface area contributed by atoms with Gasteiger partial charge in [-0.05, 0) is 42.5 Å². The first kappa shape index (κ1) is 18.9. The van der Waals surface area contributed by atoms with E-state index in [1.807, 2.05) is 18.2 Å². The van der Waals surface area contributed by atoms with Crippen LogP contribution in [0.4, 0.5) is 0 Å². The number of esters is 1. The minimum atomic E-state index is -0.664. The third-order valence-electron chi connectivity index (χ3n) is 5.10. The van der Waals surface area contributed by atoms with Crippen LogP contribution in [0.15, 0.2) is 59.7 Å². The smallest absolute Gasteiger partial charge is 0.326 e. The van der Waals surface area contributed by atoms with Crippen molar-refractivity contribution in [2.45, 2.75) is 31.8 Å². The van der Waals surface area contributed by atoms with E-state index < -0.39 is 5.97 Å². The minimum Gasteiger partial charge on any atom is -0.454 e. The predicted molar refractivity (Wildman–Crippen MR) is 107 cm³/mol. The molecule has 2 aromatic carbocycles. The lowest BCUT2D eigenvalue weighted by Crippen LogP contribution is -2.35. The summed E-state index contributed by atoms with van der Waals surface area (Å²) in [5.41, 5.74) is 2.60. The van der Waals surface area contributed by atoms with E-state index in [0.717, 1.165) is 24.8 Å². The van der Waals surface area contributed by atoms with Gasteiger partial charge in [-0.3, -0.25) is 19.0 Å². The normalized spacial score (nSPS) is 15.5. The maximum absolute atomic E-state index is 12.4. The molecule has 0 saturated heterocycles. The van der Waals surface area contributed by atoms with Gasteiger partial charge in [0.2, 0.25) is 0 Å². The number of carbonyl (C=O) groups is 2. The molecule has 0 fully saturated rings. The molecule has 0 spiro atoms. The zero-order chi connectivity index (χ0) is 20.2. The number of hydrogen-bond donors (Lipinski definition) is 1. The van der Waals surface area contributed by atoms with Crippen LogP contribution >= 0.6 is 0 Å². The topological polar surface area (TPSA) is 90.3 Å². The van der Waals surface area contributed by atoms with Crippen LogP contribution in [0, 0.1) is 0 Å². The van der Waals surface area contributed by atoms with Gasteiger partial charge < -0.3 is 10.1 Å². The average molecular weight is 391 g/mol. The number of ether oxygens (including phenoxy) is 1. The number of rotatable bonds is 5. The molecule has 0 radical (unpaired) electrons. The molecular formula is C22H21N3O4. The largest absolute Gasteiger partial charge is 0.454 e. The summed E-state index contributed by atoms with van der Waals surface area (Å²) in [5.74, 6) is -1.02. The fourth-order valence-corrected chi connectivity index (χ4v) is 3.69. The van der Waals surface area contributed by atoms with Crippen molar-refractivity contribution in [1.29, 1.82) is 0 Å². The molecule has 4 rings (SSSR count). The molecule has 1 aromatic heterocycles. The van der Waals surface area contributed by atoms with Crippen molar-refractivity contribution in [1.82, 2.24) is 14.9 Å². The maximum atomic E-state index is 12.4. The van der Waals surface area contributed by atoms with E-state index in [2.05, 4.69) is 16.4 Å². The number of carbonyl (C=O) groups excluding carboxylic acids is 2. The van der Waals surface area contributed by atoms with Crippen molar-refractivity contribution in [3.63, 3.8) is 0 Å². The average Bonchev–Trinajstić information content (AvgIpc) is 2.75. The number of benzene rings is 2. The highest BCUT2D eigenvalue weighted by Gasteiger charge is 2.21. The molecule has 3 aromatic rings. The van der Waals surface area contributed by atoms with E-state index in [1.54, 1.807) is 24.3 Å². The van der Waals surface area contributed by atoms with Crippen LogP contribution in [0.25, 0.3) is 10.9 Å². The van der Waals surface area contributed by atoms with Crippen LogP contribution in [0.3, 0.4) is 0 Å². The molecule has 1 unspecified atom stereocenters. The summed E-state index contributed by atoms with van der Waals surface area (Å²) in [6.45, 7) is -0.677. The molecule has 148 valence electrons. The molecule has 7 nitrogen and oxygen atoms in total. The Morgan fingerprint density at radius 3 is 2.83 bits per heavy atom. The molecule has 0 bridgehead atoms. The molecule has 1 aliphatic carbocycles. The summed E-state index contributed by atoms with van der Waals surface area (Å²) in [6, 6.07) is 14.9. The zero-order valence-corrected chi connectivity index (χ0v) is 15.8. The lowest BCUT2D eigenvalue weighted by molar-refractivity contribution is -0.149. The van der Waals surface area contributed by atoms with Gasteiger partial charge in [-0.1, -0.05) is 36.4 Å². The SMILES string of the molecule is O=C(COC(=O)Cn1cnc2ccccc2c1=O)NC1CCCc2ccccc21. The van der Waals surface area contributed by atoms with E-state index in [-0.39, 0.29) is 30.7 Å². The summed E-state index contributed by atoms with van der Waals surface area (Å²) in [5, 5.41) is 3.36. The quantitative estimate of drug-likeness (QED) is 0.673. The zero-order valence-electron chi connectivity index (χ0n) is 15.8. The number of nitrogens with zero attached hydrogens (tertiary/aromatic N) is 2. The van der Waals surface area contributed by atoms with E-state index in [9.17, 15) is 14.4 Å². The van der Waals surface area contributed by atoms with Gasteiger partial charge in [0.05, 0.1) is 23.3 Å². The van der Waals surface area contributed by atoms with Crippen molar-refractivity contribution in [2.75, 3.05) is 6.61 Å². The standard InChI is InChI=1S/C22H21N3O4/c26-20(24-19-11-5-7-15-6-1-2-8-16(15)19)13-29-21(27)12-25-14-23-18-10-4-3-9-17(18)22(25)28/h1-4,6,8-10,14,19H,5,7,11-13H2,(H,24,26). The number of aromatic nitrogens is 2. The lowest BCUT2D eigenvalue weighted by atomic mass is 9.88. The summed E-state index contributed by atoms with van der Waals surface area (Å²) in [7, 11) is 0. The molecule has 1 atom stereocenters. The molecule has 0 saturated carbocycles. The Kier molecular flexibility index (Phi) is 5.37. The minimum absolute atomic E-state index is 0.0709. The number of nitrogens with one attached hydrogen (secondary N) is 1. The lowest BCUT2D eigenvalue weighted by Gasteiger charge is -2.26. The summed E-state index contributed by atoms with van der Waals surface area (Å²) in [6.07, 6.45) is 4.17. The molecule has 1 amide bonds. The van der Waals surface area contributed by atoms with Gasteiger partial charge in [-0.2, -0.15) is 0 Å². The third kappa shape index (κ3) is 4.18. The highest BCUT2D eigenvalue weighted by molar-refractivity contribution is 5.81. The van der Waals surface area contributed by atoms with E-state index in [4.69, 9.17) is 4.74 Å². The van der Waals surface area contributed by atoms with Gasteiger partial charge in [0.1, 0.15) is 6.54 Å². The van der Waals surface area contributed by atoms with Crippen molar-refractivity contribution in [3.05, 3.63) is 76.3 Å². The number of aryl methyl sites for hydroxylation is 1. The Morgan fingerprint density at radius 1 is 1.14 bits per heavy atom. The number of amides is 1. The van der Waals surface area contributed by atoms with Gasteiger partial charge in [0.15, 0.2) is 6.61 Å². The Bertz CT molecular complexity index is 1120. The van der Waals surface area contributed by atoms with Gasteiger partial charge in [0.25, 0.3) is 11.5 Å².